The van der Waals surface area contributed by atoms with E-state index in [0.29, 0.717) is 12.0 Å². The highest BCUT2D eigenvalue weighted by Gasteiger charge is 2.29. The summed E-state index contributed by atoms with van der Waals surface area (Å²) in [5.74, 6) is 0.542. The lowest BCUT2D eigenvalue weighted by Gasteiger charge is -2.43. The summed E-state index contributed by atoms with van der Waals surface area (Å²) in [6.07, 6.45) is 2.28. The quantitative estimate of drug-likeness (QED) is 0.748. The SMILES string of the molecule is Cc1ccccc1N1CCN(C#N)CC1C(C)C. The van der Waals surface area contributed by atoms with Crippen LogP contribution in [0.25, 0.3) is 0 Å². The molecule has 0 spiro atoms. The maximum atomic E-state index is 9.06. The van der Waals surface area contributed by atoms with Crippen LogP contribution in [0.5, 0.6) is 0 Å². The Morgan fingerprint density at radius 2 is 2.00 bits per heavy atom. The predicted octanol–water partition coefficient (Wildman–Crippen LogP) is 2.62. The highest BCUT2D eigenvalue weighted by atomic mass is 15.3. The molecule has 0 aromatic heterocycles. The van der Waals surface area contributed by atoms with E-state index in [-0.39, 0.29) is 0 Å². The van der Waals surface area contributed by atoms with Crippen LogP contribution in [0.1, 0.15) is 19.4 Å². The second-order valence-corrected chi connectivity index (χ2v) is 5.34. The molecule has 1 saturated heterocycles. The summed E-state index contributed by atoms with van der Waals surface area (Å²) in [7, 11) is 0. The first-order valence-corrected chi connectivity index (χ1v) is 6.60. The molecule has 0 radical (unpaired) electrons. The summed E-state index contributed by atoms with van der Waals surface area (Å²) >= 11 is 0. The molecule has 0 bridgehead atoms. The minimum atomic E-state index is 0.416. The second kappa shape index (κ2) is 5.30. The van der Waals surface area contributed by atoms with E-state index in [9.17, 15) is 0 Å². The lowest BCUT2D eigenvalue weighted by molar-refractivity contribution is 0.270. The summed E-state index contributed by atoms with van der Waals surface area (Å²) < 4.78 is 0. The number of aryl methyl sites for hydroxylation is 1. The Bertz CT molecular complexity index is 447. The Balaban J connectivity index is 2.27. The van der Waals surface area contributed by atoms with Crippen LogP contribution in [0.2, 0.25) is 0 Å². The monoisotopic (exact) mass is 243 g/mol. The number of nitrogens with zero attached hydrogens (tertiary/aromatic N) is 3. The minimum absolute atomic E-state index is 0.416. The normalized spacial score (nSPS) is 20.1. The van der Waals surface area contributed by atoms with Gasteiger partial charge in [-0.05, 0) is 24.5 Å². The van der Waals surface area contributed by atoms with Crippen molar-refractivity contribution in [3.05, 3.63) is 29.8 Å². The van der Waals surface area contributed by atoms with Crippen molar-refractivity contribution >= 4 is 5.69 Å². The number of anilines is 1. The molecule has 2 rings (SSSR count). The van der Waals surface area contributed by atoms with E-state index < -0.39 is 0 Å². The molecule has 1 fully saturated rings. The van der Waals surface area contributed by atoms with Crippen LogP contribution in [0.4, 0.5) is 5.69 Å². The third kappa shape index (κ3) is 2.43. The highest BCUT2D eigenvalue weighted by molar-refractivity contribution is 5.54. The van der Waals surface area contributed by atoms with Gasteiger partial charge in [-0.2, -0.15) is 5.26 Å². The molecular formula is C15H21N3. The maximum absolute atomic E-state index is 9.06. The molecule has 3 heteroatoms. The Morgan fingerprint density at radius 1 is 1.28 bits per heavy atom. The lowest BCUT2D eigenvalue weighted by atomic mass is 9.98. The molecule has 1 aromatic carbocycles. The first kappa shape index (κ1) is 12.8. The first-order valence-electron chi connectivity index (χ1n) is 6.60. The van der Waals surface area contributed by atoms with Crippen LogP contribution in [0, 0.1) is 24.3 Å². The fourth-order valence-corrected chi connectivity index (χ4v) is 2.66. The van der Waals surface area contributed by atoms with Crippen molar-refractivity contribution in [2.75, 3.05) is 24.5 Å². The van der Waals surface area contributed by atoms with E-state index >= 15 is 0 Å². The Kier molecular flexibility index (Phi) is 3.76. The van der Waals surface area contributed by atoms with Crippen molar-refractivity contribution in [1.82, 2.24) is 4.90 Å². The number of rotatable bonds is 2. The van der Waals surface area contributed by atoms with Gasteiger partial charge >= 0.3 is 0 Å². The van der Waals surface area contributed by atoms with Crippen molar-refractivity contribution in [1.29, 1.82) is 5.26 Å². The van der Waals surface area contributed by atoms with Gasteiger partial charge in [-0.15, -0.1) is 0 Å². The molecule has 1 aliphatic heterocycles. The Hall–Kier alpha value is -1.69. The van der Waals surface area contributed by atoms with Crippen molar-refractivity contribution in [3.63, 3.8) is 0 Å². The molecule has 1 aliphatic rings. The summed E-state index contributed by atoms with van der Waals surface area (Å²) in [6.45, 7) is 9.22. The molecule has 0 N–H and O–H groups in total. The van der Waals surface area contributed by atoms with Crippen LogP contribution in [-0.4, -0.2) is 30.6 Å². The molecule has 1 heterocycles. The number of hydrogen-bond donors (Lipinski definition) is 0. The summed E-state index contributed by atoms with van der Waals surface area (Å²) in [6, 6.07) is 8.93. The minimum Gasteiger partial charge on any atom is -0.364 e. The maximum Gasteiger partial charge on any atom is 0.179 e. The number of hydrogen-bond acceptors (Lipinski definition) is 3. The van der Waals surface area contributed by atoms with Crippen molar-refractivity contribution in [3.8, 4) is 6.19 Å². The first-order chi connectivity index (χ1) is 8.63. The van der Waals surface area contributed by atoms with Gasteiger partial charge in [-0.25, -0.2) is 0 Å². The molecule has 0 aliphatic carbocycles. The van der Waals surface area contributed by atoms with Crippen molar-refractivity contribution < 1.29 is 0 Å². The standard InChI is InChI=1S/C15H21N3/c1-12(2)15-10-17(11-16)8-9-18(15)14-7-5-4-6-13(14)3/h4-7,12,15H,8-10H2,1-3H3. The lowest BCUT2D eigenvalue weighted by Crippen LogP contribution is -2.54. The third-order valence-electron chi connectivity index (χ3n) is 3.75. The zero-order valence-corrected chi connectivity index (χ0v) is 11.4. The summed E-state index contributed by atoms with van der Waals surface area (Å²) in [5.41, 5.74) is 2.63. The zero-order chi connectivity index (χ0) is 13.1. The van der Waals surface area contributed by atoms with E-state index in [4.69, 9.17) is 5.26 Å². The van der Waals surface area contributed by atoms with E-state index in [2.05, 4.69) is 56.1 Å². The van der Waals surface area contributed by atoms with Gasteiger partial charge in [0.1, 0.15) is 0 Å². The Morgan fingerprint density at radius 3 is 2.61 bits per heavy atom. The number of piperazine rings is 1. The number of para-hydroxylation sites is 1. The van der Waals surface area contributed by atoms with Gasteiger partial charge in [-0.1, -0.05) is 32.0 Å². The Labute approximate surface area is 110 Å². The van der Waals surface area contributed by atoms with Gasteiger partial charge in [0.05, 0.1) is 0 Å². The average Bonchev–Trinajstić information content (AvgIpc) is 2.38. The van der Waals surface area contributed by atoms with Crippen LogP contribution in [-0.2, 0) is 0 Å². The molecule has 96 valence electrons. The van der Waals surface area contributed by atoms with Crippen LogP contribution in [0.15, 0.2) is 24.3 Å². The molecule has 1 atom stereocenters. The predicted molar refractivity (Wildman–Crippen MR) is 74.3 cm³/mol. The topological polar surface area (TPSA) is 30.3 Å². The van der Waals surface area contributed by atoms with Crippen LogP contribution >= 0.6 is 0 Å². The fraction of sp³-hybridized carbons (Fsp3) is 0.533. The van der Waals surface area contributed by atoms with E-state index in [1.165, 1.54) is 11.3 Å². The van der Waals surface area contributed by atoms with E-state index in [0.717, 1.165) is 19.6 Å². The van der Waals surface area contributed by atoms with E-state index in [1.807, 2.05) is 4.90 Å². The number of benzene rings is 1. The summed E-state index contributed by atoms with van der Waals surface area (Å²) in [4.78, 5) is 4.34. The number of nitriles is 1. The molecule has 1 unspecified atom stereocenters. The van der Waals surface area contributed by atoms with Crippen LogP contribution in [0.3, 0.4) is 0 Å². The largest absolute Gasteiger partial charge is 0.364 e. The fourth-order valence-electron chi connectivity index (χ4n) is 2.66. The van der Waals surface area contributed by atoms with Gasteiger partial charge in [0.15, 0.2) is 6.19 Å². The smallest absolute Gasteiger partial charge is 0.179 e. The van der Waals surface area contributed by atoms with Gasteiger partial charge < -0.3 is 9.80 Å². The van der Waals surface area contributed by atoms with Crippen molar-refractivity contribution in [2.45, 2.75) is 26.8 Å². The highest BCUT2D eigenvalue weighted by Crippen LogP contribution is 2.27. The molecule has 0 saturated carbocycles. The summed E-state index contributed by atoms with van der Waals surface area (Å²) in [5, 5.41) is 9.06. The second-order valence-electron chi connectivity index (χ2n) is 5.34. The van der Waals surface area contributed by atoms with Crippen molar-refractivity contribution in [2.24, 2.45) is 5.92 Å². The van der Waals surface area contributed by atoms with E-state index in [1.54, 1.807) is 0 Å². The van der Waals surface area contributed by atoms with Gasteiger partial charge in [0.25, 0.3) is 0 Å². The van der Waals surface area contributed by atoms with Gasteiger partial charge in [-0.3, -0.25) is 0 Å². The average molecular weight is 243 g/mol. The molecule has 0 amide bonds. The molecule has 18 heavy (non-hydrogen) atoms. The molecule has 1 aromatic rings. The molecular weight excluding hydrogens is 222 g/mol. The third-order valence-corrected chi connectivity index (χ3v) is 3.75. The van der Waals surface area contributed by atoms with Gasteiger partial charge in [0, 0.05) is 31.4 Å². The van der Waals surface area contributed by atoms with Gasteiger partial charge in [0.2, 0.25) is 0 Å². The van der Waals surface area contributed by atoms with Crippen LogP contribution < -0.4 is 4.90 Å². The zero-order valence-electron chi connectivity index (χ0n) is 11.4. The molecule has 3 nitrogen and oxygen atoms in total.